The van der Waals surface area contributed by atoms with E-state index in [4.69, 9.17) is 10.8 Å². The van der Waals surface area contributed by atoms with Crippen LogP contribution in [0.1, 0.15) is 20.8 Å². The van der Waals surface area contributed by atoms with Crippen LogP contribution in [0.4, 0.5) is 9.59 Å². The first-order chi connectivity index (χ1) is 8.14. The van der Waals surface area contributed by atoms with Crippen LogP contribution in [0.25, 0.3) is 0 Å². The average molecular weight is 261 g/mol. The Morgan fingerprint density at radius 2 is 1.89 bits per heavy atom. The second-order valence-electron chi connectivity index (χ2n) is 4.71. The van der Waals surface area contributed by atoms with Crippen molar-refractivity contribution in [2.24, 2.45) is 11.1 Å². The summed E-state index contributed by atoms with van der Waals surface area (Å²) in [7, 11) is 0. The lowest BCUT2D eigenvalue weighted by Crippen LogP contribution is -2.52. The zero-order chi connectivity index (χ0) is 14.3. The van der Waals surface area contributed by atoms with E-state index in [1.54, 1.807) is 20.8 Å². The van der Waals surface area contributed by atoms with E-state index in [9.17, 15) is 14.4 Å². The Kier molecular flexibility index (Phi) is 5.94. The minimum absolute atomic E-state index is 0.0469. The number of rotatable bonds is 5. The fourth-order valence-electron chi connectivity index (χ4n) is 1.15. The SMILES string of the molecule is CC(C)(C)C(NC(=O)NCCOC(N)=O)C(=O)O. The number of carbonyl (C=O) groups is 3. The van der Waals surface area contributed by atoms with E-state index in [0.717, 1.165) is 0 Å². The van der Waals surface area contributed by atoms with Crippen molar-refractivity contribution in [2.75, 3.05) is 13.2 Å². The lowest BCUT2D eigenvalue weighted by Gasteiger charge is -2.27. The van der Waals surface area contributed by atoms with Gasteiger partial charge in [-0.1, -0.05) is 20.8 Å². The number of primary amides is 1. The molecule has 0 bridgehead atoms. The lowest BCUT2D eigenvalue weighted by molar-refractivity contribution is -0.141. The van der Waals surface area contributed by atoms with Gasteiger partial charge in [0.25, 0.3) is 0 Å². The van der Waals surface area contributed by atoms with Gasteiger partial charge >= 0.3 is 18.1 Å². The molecule has 3 amide bonds. The predicted molar refractivity (Wildman–Crippen MR) is 62.9 cm³/mol. The van der Waals surface area contributed by atoms with Crippen LogP contribution in [0, 0.1) is 5.41 Å². The first-order valence-electron chi connectivity index (χ1n) is 5.34. The second-order valence-corrected chi connectivity index (χ2v) is 4.71. The molecule has 0 aliphatic carbocycles. The van der Waals surface area contributed by atoms with Gasteiger partial charge in [-0.05, 0) is 5.41 Å². The highest BCUT2D eigenvalue weighted by Gasteiger charge is 2.32. The first-order valence-corrected chi connectivity index (χ1v) is 5.34. The monoisotopic (exact) mass is 261 g/mol. The Balaban J connectivity index is 4.12. The largest absolute Gasteiger partial charge is 0.480 e. The number of aliphatic carboxylic acids is 1. The zero-order valence-electron chi connectivity index (χ0n) is 10.6. The number of hydrogen-bond donors (Lipinski definition) is 4. The van der Waals surface area contributed by atoms with Crippen LogP contribution in [0.2, 0.25) is 0 Å². The van der Waals surface area contributed by atoms with Crippen molar-refractivity contribution < 1.29 is 24.2 Å². The molecule has 18 heavy (non-hydrogen) atoms. The van der Waals surface area contributed by atoms with Gasteiger partial charge in [0.1, 0.15) is 12.6 Å². The molecule has 0 radical (unpaired) electrons. The third kappa shape index (κ3) is 6.56. The summed E-state index contributed by atoms with van der Waals surface area (Å²) in [5.41, 5.74) is 4.10. The molecule has 1 atom stereocenters. The van der Waals surface area contributed by atoms with Crippen LogP contribution < -0.4 is 16.4 Å². The molecule has 0 heterocycles. The Hall–Kier alpha value is -1.99. The molecule has 104 valence electrons. The summed E-state index contributed by atoms with van der Waals surface area (Å²) < 4.78 is 4.39. The topological polar surface area (TPSA) is 131 Å². The maximum atomic E-state index is 11.4. The maximum Gasteiger partial charge on any atom is 0.404 e. The summed E-state index contributed by atoms with van der Waals surface area (Å²) >= 11 is 0. The number of hydrogen-bond acceptors (Lipinski definition) is 4. The van der Waals surface area contributed by atoms with E-state index in [1.807, 2.05) is 0 Å². The lowest BCUT2D eigenvalue weighted by atomic mass is 9.87. The Bertz CT molecular complexity index is 324. The Morgan fingerprint density at radius 1 is 1.33 bits per heavy atom. The van der Waals surface area contributed by atoms with Gasteiger partial charge in [0.05, 0.1) is 6.54 Å². The number of nitrogens with two attached hydrogens (primary N) is 1. The minimum atomic E-state index is -1.12. The van der Waals surface area contributed by atoms with Gasteiger partial charge in [-0.3, -0.25) is 0 Å². The molecule has 0 aliphatic rings. The number of carbonyl (C=O) groups excluding carboxylic acids is 2. The molecule has 0 rings (SSSR count). The number of urea groups is 1. The van der Waals surface area contributed by atoms with Crippen molar-refractivity contribution in [3.8, 4) is 0 Å². The number of amides is 3. The van der Waals surface area contributed by atoms with Gasteiger partial charge in [-0.25, -0.2) is 14.4 Å². The third-order valence-electron chi connectivity index (χ3n) is 2.02. The van der Waals surface area contributed by atoms with E-state index in [0.29, 0.717) is 0 Å². The molecule has 8 heteroatoms. The van der Waals surface area contributed by atoms with Crippen molar-refractivity contribution in [3.05, 3.63) is 0 Å². The Morgan fingerprint density at radius 3 is 2.28 bits per heavy atom. The normalized spacial score (nSPS) is 12.4. The van der Waals surface area contributed by atoms with Crippen molar-refractivity contribution in [2.45, 2.75) is 26.8 Å². The highest BCUT2D eigenvalue weighted by Crippen LogP contribution is 2.19. The third-order valence-corrected chi connectivity index (χ3v) is 2.02. The summed E-state index contributed by atoms with van der Waals surface area (Å²) in [5, 5.41) is 13.6. The van der Waals surface area contributed by atoms with Gasteiger partial charge in [-0.2, -0.15) is 0 Å². The van der Waals surface area contributed by atoms with Gasteiger partial charge in [0, 0.05) is 0 Å². The molecular formula is C10H19N3O5. The number of nitrogens with one attached hydrogen (secondary N) is 2. The highest BCUT2D eigenvalue weighted by molar-refractivity contribution is 5.83. The average Bonchev–Trinajstić information content (AvgIpc) is 2.18. The molecular weight excluding hydrogens is 242 g/mol. The minimum Gasteiger partial charge on any atom is -0.480 e. The van der Waals surface area contributed by atoms with Gasteiger partial charge in [0.15, 0.2) is 0 Å². The summed E-state index contributed by atoms with van der Waals surface area (Å²) in [6.45, 7) is 5.06. The molecule has 8 nitrogen and oxygen atoms in total. The molecule has 0 saturated heterocycles. The molecule has 0 aromatic rings. The molecule has 0 aliphatic heterocycles. The molecule has 0 spiro atoms. The Labute approximate surface area is 105 Å². The molecule has 5 N–H and O–H groups in total. The fourth-order valence-corrected chi connectivity index (χ4v) is 1.15. The van der Waals surface area contributed by atoms with Gasteiger partial charge < -0.3 is 26.2 Å². The molecule has 0 aromatic carbocycles. The first kappa shape index (κ1) is 16.0. The van der Waals surface area contributed by atoms with Crippen LogP contribution in [0.5, 0.6) is 0 Å². The number of ether oxygens (including phenoxy) is 1. The van der Waals surface area contributed by atoms with E-state index < -0.39 is 29.6 Å². The molecule has 0 aromatic heterocycles. The van der Waals surface area contributed by atoms with Crippen molar-refractivity contribution in [1.29, 1.82) is 0 Å². The van der Waals surface area contributed by atoms with Crippen LogP contribution in [-0.4, -0.2) is 42.4 Å². The summed E-state index contributed by atoms with van der Waals surface area (Å²) in [6.07, 6.45) is -0.935. The van der Waals surface area contributed by atoms with Gasteiger partial charge in [0.2, 0.25) is 0 Å². The standard InChI is InChI=1S/C10H19N3O5/c1-10(2,3)6(7(14)15)13-9(17)12-4-5-18-8(11)16/h6H,4-5H2,1-3H3,(H2,11,16)(H,14,15)(H2,12,13,17). The second kappa shape index (κ2) is 6.67. The maximum absolute atomic E-state index is 11.4. The summed E-state index contributed by atoms with van der Waals surface area (Å²) in [6, 6.07) is -1.67. The van der Waals surface area contributed by atoms with Crippen molar-refractivity contribution in [3.63, 3.8) is 0 Å². The fraction of sp³-hybridized carbons (Fsp3) is 0.700. The zero-order valence-corrected chi connectivity index (χ0v) is 10.6. The van der Waals surface area contributed by atoms with Crippen LogP contribution in [0.3, 0.4) is 0 Å². The highest BCUT2D eigenvalue weighted by atomic mass is 16.5. The van der Waals surface area contributed by atoms with Gasteiger partial charge in [-0.15, -0.1) is 0 Å². The number of carboxylic acid groups (broad SMARTS) is 1. The predicted octanol–water partition coefficient (Wildman–Crippen LogP) is -0.120. The van der Waals surface area contributed by atoms with Crippen LogP contribution >= 0.6 is 0 Å². The quantitative estimate of drug-likeness (QED) is 0.512. The molecule has 0 saturated carbocycles. The van der Waals surface area contributed by atoms with Crippen LogP contribution in [-0.2, 0) is 9.53 Å². The van der Waals surface area contributed by atoms with E-state index >= 15 is 0 Å². The van der Waals surface area contributed by atoms with Crippen molar-refractivity contribution >= 4 is 18.1 Å². The number of carboxylic acids is 1. The van der Waals surface area contributed by atoms with E-state index in [-0.39, 0.29) is 13.2 Å². The summed E-state index contributed by atoms with van der Waals surface area (Å²) in [4.78, 5) is 32.6. The van der Waals surface area contributed by atoms with E-state index in [2.05, 4.69) is 15.4 Å². The van der Waals surface area contributed by atoms with Crippen LogP contribution in [0.15, 0.2) is 0 Å². The van der Waals surface area contributed by atoms with Crippen molar-refractivity contribution in [1.82, 2.24) is 10.6 Å². The summed E-state index contributed by atoms with van der Waals surface area (Å²) in [5.74, 6) is -1.12. The van der Waals surface area contributed by atoms with E-state index in [1.165, 1.54) is 0 Å². The molecule has 0 fully saturated rings. The smallest absolute Gasteiger partial charge is 0.404 e. The molecule has 1 unspecified atom stereocenters.